The summed E-state index contributed by atoms with van der Waals surface area (Å²) in [6, 6.07) is 3.64. The first-order valence-electron chi connectivity index (χ1n) is 5.86. The van der Waals surface area contributed by atoms with Crippen LogP contribution in [0.3, 0.4) is 0 Å². The van der Waals surface area contributed by atoms with Crippen LogP contribution in [0.5, 0.6) is 0 Å². The summed E-state index contributed by atoms with van der Waals surface area (Å²) in [5.74, 6) is 0.278. The second kappa shape index (κ2) is 5.36. The summed E-state index contributed by atoms with van der Waals surface area (Å²) < 4.78 is 0. The van der Waals surface area contributed by atoms with Gasteiger partial charge in [-0.3, -0.25) is 4.90 Å². The van der Waals surface area contributed by atoms with Crippen molar-refractivity contribution in [2.45, 2.75) is 58.0 Å². The molecular weight excluding hydrogens is 172 g/mol. The van der Waals surface area contributed by atoms with Crippen molar-refractivity contribution >= 4 is 0 Å². The molecule has 14 heavy (non-hydrogen) atoms. The van der Waals surface area contributed by atoms with Crippen LogP contribution in [-0.4, -0.2) is 24.0 Å². The molecule has 0 aliphatic heterocycles. The van der Waals surface area contributed by atoms with Gasteiger partial charge in [-0.15, -0.1) is 0 Å². The van der Waals surface area contributed by atoms with E-state index in [9.17, 15) is 0 Å². The van der Waals surface area contributed by atoms with E-state index in [-0.39, 0.29) is 5.92 Å². The van der Waals surface area contributed by atoms with Crippen LogP contribution in [0, 0.1) is 17.2 Å². The van der Waals surface area contributed by atoms with E-state index < -0.39 is 0 Å². The van der Waals surface area contributed by atoms with Crippen LogP contribution in [0.25, 0.3) is 0 Å². The molecule has 0 amide bonds. The van der Waals surface area contributed by atoms with Crippen LogP contribution in [0.2, 0.25) is 0 Å². The normalized spacial score (nSPS) is 27.1. The number of nitriles is 1. The van der Waals surface area contributed by atoms with Gasteiger partial charge in [0.15, 0.2) is 0 Å². The monoisotopic (exact) mass is 194 g/mol. The van der Waals surface area contributed by atoms with Crippen LogP contribution in [-0.2, 0) is 0 Å². The summed E-state index contributed by atoms with van der Waals surface area (Å²) in [4.78, 5) is 2.45. The van der Waals surface area contributed by atoms with Crippen molar-refractivity contribution in [3.8, 4) is 6.07 Å². The molecule has 0 N–H and O–H groups in total. The van der Waals surface area contributed by atoms with Gasteiger partial charge in [0.2, 0.25) is 0 Å². The Morgan fingerprint density at radius 3 is 2.50 bits per heavy atom. The van der Waals surface area contributed by atoms with Crippen LogP contribution >= 0.6 is 0 Å². The van der Waals surface area contributed by atoms with Crippen LogP contribution in [0.15, 0.2) is 0 Å². The Bertz CT molecular complexity index is 203. The molecule has 0 bridgehead atoms. The SMILES string of the molecule is CCC(CC)N(C)C1CCCC1C#N. The van der Waals surface area contributed by atoms with Gasteiger partial charge < -0.3 is 0 Å². The second-order valence-electron chi connectivity index (χ2n) is 4.37. The molecule has 2 heteroatoms. The number of rotatable bonds is 4. The Kier molecular flexibility index (Phi) is 4.41. The Morgan fingerprint density at radius 1 is 1.36 bits per heavy atom. The third-order valence-corrected chi connectivity index (χ3v) is 3.69. The lowest BCUT2D eigenvalue weighted by molar-refractivity contribution is 0.148. The quantitative estimate of drug-likeness (QED) is 0.688. The molecule has 0 saturated heterocycles. The van der Waals surface area contributed by atoms with Crippen molar-refractivity contribution in [2.24, 2.45) is 5.92 Å². The number of hydrogen-bond acceptors (Lipinski definition) is 2. The van der Waals surface area contributed by atoms with E-state index in [0.29, 0.717) is 12.1 Å². The molecule has 0 aromatic rings. The van der Waals surface area contributed by atoms with Crippen molar-refractivity contribution in [3.05, 3.63) is 0 Å². The zero-order valence-electron chi connectivity index (χ0n) is 9.66. The smallest absolute Gasteiger partial charge is 0.0672 e. The molecule has 0 heterocycles. The Labute approximate surface area is 87.9 Å². The topological polar surface area (TPSA) is 27.0 Å². The van der Waals surface area contributed by atoms with Gasteiger partial charge in [-0.05, 0) is 32.7 Å². The highest BCUT2D eigenvalue weighted by atomic mass is 15.2. The van der Waals surface area contributed by atoms with Crippen LogP contribution < -0.4 is 0 Å². The second-order valence-corrected chi connectivity index (χ2v) is 4.37. The van der Waals surface area contributed by atoms with E-state index in [4.69, 9.17) is 5.26 Å². The lowest BCUT2D eigenvalue weighted by Gasteiger charge is -2.33. The minimum Gasteiger partial charge on any atom is -0.299 e. The highest BCUT2D eigenvalue weighted by Crippen LogP contribution is 2.30. The summed E-state index contributed by atoms with van der Waals surface area (Å²) in [7, 11) is 2.19. The Balaban J connectivity index is 2.59. The van der Waals surface area contributed by atoms with Gasteiger partial charge in [0, 0.05) is 12.1 Å². The average Bonchev–Trinajstić information content (AvgIpc) is 2.67. The van der Waals surface area contributed by atoms with Crippen LogP contribution in [0.4, 0.5) is 0 Å². The summed E-state index contributed by atoms with van der Waals surface area (Å²) in [6.07, 6.45) is 5.94. The molecular formula is C12H22N2. The van der Waals surface area contributed by atoms with E-state index in [2.05, 4.69) is 31.9 Å². The number of hydrogen-bond donors (Lipinski definition) is 0. The first-order valence-corrected chi connectivity index (χ1v) is 5.86. The summed E-state index contributed by atoms with van der Waals surface area (Å²) in [6.45, 7) is 4.47. The van der Waals surface area contributed by atoms with Crippen molar-refractivity contribution in [3.63, 3.8) is 0 Å². The molecule has 0 radical (unpaired) electrons. The predicted octanol–water partition coefficient (Wildman–Crippen LogP) is 2.80. The molecule has 1 aliphatic carbocycles. The lowest BCUT2D eigenvalue weighted by atomic mass is 10.0. The minimum atomic E-state index is 0.278. The van der Waals surface area contributed by atoms with Gasteiger partial charge in [0.05, 0.1) is 12.0 Å². The highest BCUT2D eigenvalue weighted by Gasteiger charge is 2.32. The molecule has 80 valence electrons. The van der Waals surface area contributed by atoms with E-state index in [1.807, 2.05) is 0 Å². The molecule has 1 saturated carbocycles. The summed E-state index contributed by atoms with van der Waals surface area (Å²) in [5.41, 5.74) is 0. The predicted molar refractivity (Wildman–Crippen MR) is 58.9 cm³/mol. The van der Waals surface area contributed by atoms with E-state index in [0.717, 1.165) is 6.42 Å². The maximum Gasteiger partial charge on any atom is 0.0672 e. The van der Waals surface area contributed by atoms with Crippen molar-refractivity contribution in [1.82, 2.24) is 4.90 Å². The van der Waals surface area contributed by atoms with Crippen molar-refractivity contribution < 1.29 is 0 Å². The fraction of sp³-hybridized carbons (Fsp3) is 0.917. The summed E-state index contributed by atoms with van der Waals surface area (Å²) >= 11 is 0. The molecule has 0 aromatic heterocycles. The molecule has 2 atom stereocenters. The zero-order chi connectivity index (χ0) is 10.6. The molecule has 1 fully saturated rings. The molecule has 1 rings (SSSR count). The standard InChI is InChI=1S/C12H22N2/c1-4-11(5-2)14(3)12-8-6-7-10(12)9-13/h10-12H,4-8H2,1-3H3. The molecule has 2 nitrogen and oxygen atoms in total. The maximum atomic E-state index is 9.04. The van der Waals surface area contributed by atoms with E-state index in [1.165, 1.54) is 25.7 Å². The third-order valence-electron chi connectivity index (χ3n) is 3.69. The van der Waals surface area contributed by atoms with Crippen molar-refractivity contribution in [2.75, 3.05) is 7.05 Å². The van der Waals surface area contributed by atoms with Gasteiger partial charge in [-0.2, -0.15) is 5.26 Å². The Hall–Kier alpha value is -0.550. The van der Waals surface area contributed by atoms with E-state index >= 15 is 0 Å². The Morgan fingerprint density at radius 2 is 2.00 bits per heavy atom. The van der Waals surface area contributed by atoms with Gasteiger partial charge in [0.1, 0.15) is 0 Å². The first kappa shape index (κ1) is 11.5. The first-order chi connectivity index (χ1) is 6.74. The molecule has 0 aromatic carbocycles. The average molecular weight is 194 g/mol. The molecule has 0 spiro atoms. The number of nitrogens with zero attached hydrogens (tertiary/aromatic N) is 2. The molecule has 1 aliphatic rings. The molecule has 2 unspecified atom stereocenters. The van der Waals surface area contributed by atoms with Crippen molar-refractivity contribution in [1.29, 1.82) is 5.26 Å². The largest absolute Gasteiger partial charge is 0.299 e. The lowest BCUT2D eigenvalue weighted by Crippen LogP contribution is -2.41. The maximum absolute atomic E-state index is 9.04. The van der Waals surface area contributed by atoms with Gasteiger partial charge in [-0.1, -0.05) is 20.3 Å². The van der Waals surface area contributed by atoms with Crippen LogP contribution in [0.1, 0.15) is 46.0 Å². The van der Waals surface area contributed by atoms with E-state index in [1.54, 1.807) is 0 Å². The fourth-order valence-electron chi connectivity index (χ4n) is 2.71. The minimum absolute atomic E-state index is 0.278. The fourth-order valence-corrected chi connectivity index (χ4v) is 2.71. The highest BCUT2D eigenvalue weighted by molar-refractivity contribution is 4.97. The van der Waals surface area contributed by atoms with Gasteiger partial charge in [-0.25, -0.2) is 0 Å². The zero-order valence-corrected chi connectivity index (χ0v) is 9.66. The van der Waals surface area contributed by atoms with Gasteiger partial charge >= 0.3 is 0 Å². The third kappa shape index (κ3) is 2.27. The van der Waals surface area contributed by atoms with Gasteiger partial charge in [0.25, 0.3) is 0 Å². The summed E-state index contributed by atoms with van der Waals surface area (Å²) in [5, 5.41) is 9.04.